The maximum absolute atomic E-state index is 11.5. The van der Waals surface area contributed by atoms with Gasteiger partial charge in [-0.05, 0) is 18.4 Å². The van der Waals surface area contributed by atoms with Crippen LogP contribution < -0.4 is 4.74 Å². The van der Waals surface area contributed by atoms with Crippen molar-refractivity contribution in [2.45, 2.75) is 5.25 Å². The van der Waals surface area contributed by atoms with Gasteiger partial charge in [0.15, 0.2) is 0 Å². The van der Waals surface area contributed by atoms with E-state index in [4.69, 9.17) is 4.74 Å². The minimum Gasteiger partial charge on any atom is -0.425 e. The second kappa shape index (κ2) is 5.50. The monoisotopic (exact) mass is 208 g/mol. The van der Waals surface area contributed by atoms with Crippen LogP contribution >= 0.6 is 11.8 Å². The minimum absolute atomic E-state index is 0.279. The summed E-state index contributed by atoms with van der Waals surface area (Å²) < 4.78 is 5.13. The highest BCUT2D eigenvalue weighted by molar-refractivity contribution is 8.00. The molecule has 1 unspecified atom stereocenters. The van der Waals surface area contributed by atoms with E-state index < -0.39 is 0 Å². The first kappa shape index (κ1) is 10.9. The van der Waals surface area contributed by atoms with Gasteiger partial charge in [-0.2, -0.15) is 0 Å². The van der Waals surface area contributed by atoms with Crippen molar-refractivity contribution in [2.24, 2.45) is 0 Å². The molecule has 1 atom stereocenters. The SMILES string of the molecule is C=CC(SC)C(=O)Oc1ccccc1. The van der Waals surface area contributed by atoms with E-state index >= 15 is 0 Å². The molecule has 0 saturated carbocycles. The Balaban J connectivity index is 2.61. The Bertz CT molecular complexity index is 308. The first-order valence-corrected chi connectivity index (χ1v) is 5.49. The molecule has 2 nitrogen and oxygen atoms in total. The summed E-state index contributed by atoms with van der Waals surface area (Å²) in [6.45, 7) is 3.57. The topological polar surface area (TPSA) is 26.3 Å². The van der Waals surface area contributed by atoms with Crippen LogP contribution in [0, 0.1) is 0 Å². The van der Waals surface area contributed by atoms with E-state index in [9.17, 15) is 4.79 Å². The Labute approximate surface area is 88.0 Å². The van der Waals surface area contributed by atoms with Crippen LogP contribution in [0.15, 0.2) is 43.0 Å². The van der Waals surface area contributed by atoms with Crippen molar-refractivity contribution in [3.8, 4) is 5.75 Å². The highest BCUT2D eigenvalue weighted by atomic mass is 32.2. The molecule has 1 rings (SSSR count). The van der Waals surface area contributed by atoms with Gasteiger partial charge < -0.3 is 4.74 Å². The highest BCUT2D eigenvalue weighted by Crippen LogP contribution is 2.14. The lowest BCUT2D eigenvalue weighted by atomic mass is 10.3. The lowest BCUT2D eigenvalue weighted by Gasteiger charge is -2.08. The van der Waals surface area contributed by atoms with Crippen molar-refractivity contribution < 1.29 is 9.53 Å². The van der Waals surface area contributed by atoms with E-state index in [1.807, 2.05) is 24.5 Å². The number of esters is 1. The first-order valence-electron chi connectivity index (χ1n) is 4.20. The zero-order valence-electron chi connectivity index (χ0n) is 7.97. The summed E-state index contributed by atoms with van der Waals surface area (Å²) in [6.07, 6.45) is 3.43. The fourth-order valence-electron chi connectivity index (χ4n) is 0.951. The quantitative estimate of drug-likeness (QED) is 0.432. The molecule has 0 fully saturated rings. The van der Waals surface area contributed by atoms with Crippen molar-refractivity contribution in [2.75, 3.05) is 6.26 Å². The fourth-order valence-corrected chi connectivity index (χ4v) is 1.38. The van der Waals surface area contributed by atoms with Gasteiger partial charge in [-0.3, -0.25) is 4.79 Å². The number of hydrogen-bond donors (Lipinski definition) is 0. The van der Waals surface area contributed by atoms with Crippen LogP contribution in [0.4, 0.5) is 0 Å². The second-order valence-corrected chi connectivity index (χ2v) is 3.61. The number of rotatable bonds is 4. The van der Waals surface area contributed by atoms with Gasteiger partial charge in [-0.1, -0.05) is 24.3 Å². The van der Waals surface area contributed by atoms with Gasteiger partial charge in [0.1, 0.15) is 11.0 Å². The van der Waals surface area contributed by atoms with E-state index in [0.717, 1.165) is 0 Å². The van der Waals surface area contributed by atoms with Crippen molar-refractivity contribution >= 4 is 17.7 Å². The maximum atomic E-state index is 11.5. The van der Waals surface area contributed by atoms with Crippen LogP contribution in [0.1, 0.15) is 0 Å². The van der Waals surface area contributed by atoms with E-state index in [2.05, 4.69) is 6.58 Å². The molecule has 0 amide bonds. The van der Waals surface area contributed by atoms with Crippen molar-refractivity contribution in [3.05, 3.63) is 43.0 Å². The average molecular weight is 208 g/mol. The molecule has 0 aliphatic carbocycles. The average Bonchev–Trinajstić information content (AvgIpc) is 2.21. The van der Waals surface area contributed by atoms with E-state index in [1.54, 1.807) is 18.2 Å². The Kier molecular flexibility index (Phi) is 4.26. The molecular weight excluding hydrogens is 196 g/mol. The van der Waals surface area contributed by atoms with E-state index in [1.165, 1.54) is 11.8 Å². The van der Waals surface area contributed by atoms with Gasteiger partial charge in [0.25, 0.3) is 0 Å². The van der Waals surface area contributed by atoms with Gasteiger partial charge in [-0.15, -0.1) is 18.3 Å². The fraction of sp³-hybridized carbons (Fsp3) is 0.182. The van der Waals surface area contributed by atoms with Crippen molar-refractivity contribution in [3.63, 3.8) is 0 Å². The molecule has 74 valence electrons. The molecule has 0 aliphatic heterocycles. The minimum atomic E-state index is -0.296. The van der Waals surface area contributed by atoms with Crippen LogP contribution in [-0.2, 0) is 4.79 Å². The Hall–Kier alpha value is -1.22. The highest BCUT2D eigenvalue weighted by Gasteiger charge is 2.15. The molecule has 14 heavy (non-hydrogen) atoms. The predicted molar refractivity (Wildman–Crippen MR) is 59.6 cm³/mol. The summed E-state index contributed by atoms with van der Waals surface area (Å²) in [6, 6.07) is 9.02. The Morgan fingerprint density at radius 1 is 1.50 bits per heavy atom. The number of thioether (sulfide) groups is 1. The Morgan fingerprint density at radius 2 is 2.14 bits per heavy atom. The number of para-hydroxylation sites is 1. The largest absolute Gasteiger partial charge is 0.425 e. The standard InChI is InChI=1S/C11H12O2S/c1-3-10(14-2)11(12)13-9-7-5-4-6-8-9/h3-8,10H,1H2,2H3. The zero-order valence-corrected chi connectivity index (χ0v) is 8.79. The van der Waals surface area contributed by atoms with Crippen molar-refractivity contribution in [1.29, 1.82) is 0 Å². The number of carbonyl (C=O) groups excluding carboxylic acids is 1. The van der Waals surface area contributed by atoms with Gasteiger partial charge in [0.2, 0.25) is 0 Å². The van der Waals surface area contributed by atoms with Gasteiger partial charge in [-0.25, -0.2) is 0 Å². The summed E-state index contributed by atoms with van der Waals surface area (Å²) in [4.78, 5) is 11.5. The molecule has 0 aliphatic rings. The van der Waals surface area contributed by atoms with Gasteiger partial charge in [0.05, 0.1) is 0 Å². The number of carbonyl (C=O) groups is 1. The number of hydrogen-bond acceptors (Lipinski definition) is 3. The molecule has 0 N–H and O–H groups in total. The summed E-state index contributed by atoms with van der Waals surface area (Å²) in [5.74, 6) is 0.289. The molecule has 0 heterocycles. The van der Waals surface area contributed by atoms with Gasteiger partial charge >= 0.3 is 5.97 Å². The van der Waals surface area contributed by atoms with Crippen LogP contribution in [-0.4, -0.2) is 17.5 Å². The molecule has 3 heteroatoms. The van der Waals surface area contributed by atoms with E-state index in [0.29, 0.717) is 5.75 Å². The number of benzene rings is 1. The number of ether oxygens (including phenoxy) is 1. The molecular formula is C11H12O2S. The molecule has 0 saturated heterocycles. The summed E-state index contributed by atoms with van der Waals surface area (Å²) in [5, 5.41) is -0.296. The maximum Gasteiger partial charge on any atom is 0.328 e. The van der Waals surface area contributed by atoms with Crippen LogP contribution in [0.3, 0.4) is 0 Å². The third-order valence-electron chi connectivity index (χ3n) is 1.66. The molecule has 1 aromatic rings. The first-order chi connectivity index (χ1) is 6.77. The third-order valence-corrected chi connectivity index (χ3v) is 2.55. The summed E-state index contributed by atoms with van der Waals surface area (Å²) in [5.41, 5.74) is 0. The smallest absolute Gasteiger partial charge is 0.328 e. The second-order valence-electron chi connectivity index (χ2n) is 2.63. The van der Waals surface area contributed by atoms with Gasteiger partial charge in [0, 0.05) is 0 Å². The normalized spacial score (nSPS) is 11.8. The van der Waals surface area contributed by atoms with Crippen LogP contribution in [0.5, 0.6) is 5.75 Å². The van der Waals surface area contributed by atoms with Crippen molar-refractivity contribution in [1.82, 2.24) is 0 Å². The lowest BCUT2D eigenvalue weighted by Crippen LogP contribution is -2.20. The predicted octanol–water partition coefficient (Wildman–Crippen LogP) is 2.51. The summed E-state index contributed by atoms with van der Waals surface area (Å²) >= 11 is 1.40. The molecule has 0 radical (unpaired) electrons. The summed E-state index contributed by atoms with van der Waals surface area (Å²) in [7, 11) is 0. The molecule has 0 aromatic heterocycles. The third kappa shape index (κ3) is 2.92. The van der Waals surface area contributed by atoms with Crippen LogP contribution in [0.2, 0.25) is 0 Å². The lowest BCUT2D eigenvalue weighted by molar-refractivity contribution is -0.132. The molecule has 1 aromatic carbocycles. The zero-order chi connectivity index (χ0) is 10.4. The molecule has 0 spiro atoms. The Morgan fingerprint density at radius 3 is 2.64 bits per heavy atom. The molecule has 0 bridgehead atoms. The van der Waals surface area contributed by atoms with E-state index in [-0.39, 0.29) is 11.2 Å². The van der Waals surface area contributed by atoms with Crippen LogP contribution in [0.25, 0.3) is 0 Å².